The number of amides is 1. The van der Waals surface area contributed by atoms with Crippen LogP contribution in [-0.4, -0.2) is 69.0 Å². The van der Waals surface area contributed by atoms with Crippen molar-refractivity contribution in [2.24, 2.45) is 12.8 Å². The van der Waals surface area contributed by atoms with Gasteiger partial charge in [-0.25, -0.2) is 14.8 Å². The van der Waals surface area contributed by atoms with Crippen molar-refractivity contribution in [1.29, 1.82) is 0 Å². The Morgan fingerprint density at radius 3 is 2.76 bits per heavy atom. The Hall–Kier alpha value is -3.95. The molecule has 0 aliphatic carbocycles. The third kappa shape index (κ3) is 5.20. The van der Waals surface area contributed by atoms with Gasteiger partial charge in [0.15, 0.2) is 0 Å². The smallest absolute Gasteiger partial charge is 0.331 e. The summed E-state index contributed by atoms with van der Waals surface area (Å²) in [6.45, 7) is 5.33. The number of carbonyl (C=O) groups is 1. The number of rotatable bonds is 8. The number of carbonyl (C=O) groups excluding carboxylic acids is 1. The maximum absolute atomic E-state index is 14.0. The Kier molecular flexibility index (Phi) is 8.29. The molecule has 0 unspecified atom stereocenters. The van der Waals surface area contributed by atoms with Crippen LogP contribution in [0.15, 0.2) is 21.9 Å². The zero-order valence-corrected chi connectivity index (χ0v) is 22.3. The number of methoxy groups -OCH3 is 1. The quantitative estimate of drug-likeness (QED) is 0.310. The maximum atomic E-state index is 14.0. The summed E-state index contributed by atoms with van der Waals surface area (Å²) in [5.41, 5.74) is 6.64. The Morgan fingerprint density at radius 1 is 1.29 bits per heavy atom. The van der Waals surface area contributed by atoms with E-state index in [-0.39, 0.29) is 42.3 Å². The van der Waals surface area contributed by atoms with Crippen LogP contribution in [0.5, 0.6) is 0 Å². The van der Waals surface area contributed by atoms with E-state index in [2.05, 4.69) is 27.1 Å². The molecule has 1 atom stereocenters. The zero-order chi connectivity index (χ0) is 27.4. The molecule has 4 rings (SSSR count). The van der Waals surface area contributed by atoms with Crippen molar-refractivity contribution >= 4 is 22.8 Å². The summed E-state index contributed by atoms with van der Waals surface area (Å²) in [5.74, 6) is 6.38. The molecule has 3 aromatic rings. The fourth-order valence-electron chi connectivity index (χ4n) is 4.89. The number of anilines is 1. The minimum Gasteiger partial charge on any atom is -0.383 e. The SMILES string of the molecule is CC#CCn1c(N2CCC[C@@H](N)C2)c(C(=O)NCCOC)c2c1c(=O)n(Cc1nccc(C)n1)c(=O)n2C. The normalized spacial score (nSPS) is 15.4. The number of nitrogens with zero attached hydrogens (tertiary/aromatic N) is 6. The minimum absolute atomic E-state index is 0.0872. The highest BCUT2D eigenvalue weighted by Crippen LogP contribution is 2.32. The fraction of sp³-hybridized carbons (Fsp3) is 0.500. The van der Waals surface area contributed by atoms with Crippen molar-refractivity contribution in [1.82, 2.24) is 29.0 Å². The first-order valence-corrected chi connectivity index (χ1v) is 12.6. The molecule has 12 heteroatoms. The number of aromatic nitrogens is 5. The van der Waals surface area contributed by atoms with Gasteiger partial charge in [-0.3, -0.25) is 18.7 Å². The van der Waals surface area contributed by atoms with Crippen LogP contribution in [0.3, 0.4) is 0 Å². The van der Waals surface area contributed by atoms with E-state index in [1.54, 1.807) is 37.9 Å². The molecule has 1 saturated heterocycles. The van der Waals surface area contributed by atoms with E-state index < -0.39 is 17.2 Å². The molecule has 0 bridgehead atoms. The van der Waals surface area contributed by atoms with Crippen molar-refractivity contribution in [3.05, 3.63) is 50.2 Å². The van der Waals surface area contributed by atoms with Crippen LogP contribution >= 0.6 is 0 Å². The van der Waals surface area contributed by atoms with Gasteiger partial charge in [-0.2, -0.15) is 0 Å². The number of ether oxygens (including phenoxy) is 1. The molecular formula is C26H34N8O4. The van der Waals surface area contributed by atoms with Gasteiger partial charge in [0.25, 0.3) is 11.5 Å². The van der Waals surface area contributed by atoms with Gasteiger partial charge < -0.3 is 25.3 Å². The predicted molar refractivity (Wildman–Crippen MR) is 144 cm³/mol. The largest absolute Gasteiger partial charge is 0.383 e. The summed E-state index contributed by atoms with van der Waals surface area (Å²) in [4.78, 5) is 51.8. The van der Waals surface area contributed by atoms with Gasteiger partial charge in [0, 0.05) is 51.7 Å². The Balaban J connectivity index is 2.03. The highest BCUT2D eigenvalue weighted by molar-refractivity contribution is 6.11. The van der Waals surface area contributed by atoms with Gasteiger partial charge in [-0.15, -0.1) is 5.92 Å². The molecule has 1 aliphatic rings. The van der Waals surface area contributed by atoms with Gasteiger partial charge in [0.05, 0.1) is 25.2 Å². The third-order valence-corrected chi connectivity index (χ3v) is 6.65. The van der Waals surface area contributed by atoms with Crippen LogP contribution in [0.25, 0.3) is 11.0 Å². The molecule has 1 amide bonds. The van der Waals surface area contributed by atoms with E-state index in [1.807, 2.05) is 11.8 Å². The Bertz CT molecular complexity index is 1520. The van der Waals surface area contributed by atoms with Crippen LogP contribution in [0.1, 0.15) is 41.6 Å². The number of nitrogens with one attached hydrogen (secondary N) is 1. The first-order chi connectivity index (χ1) is 18.3. The highest BCUT2D eigenvalue weighted by Gasteiger charge is 2.32. The highest BCUT2D eigenvalue weighted by atomic mass is 16.5. The molecule has 1 aliphatic heterocycles. The number of hydrogen-bond acceptors (Lipinski definition) is 8. The molecule has 38 heavy (non-hydrogen) atoms. The lowest BCUT2D eigenvalue weighted by atomic mass is 10.1. The number of hydrogen-bond donors (Lipinski definition) is 2. The van der Waals surface area contributed by atoms with Crippen molar-refractivity contribution < 1.29 is 9.53 Å². The van der Waals surface area contributed by atoms with Gasteiger partial charge in [0.2, 0.25) is 0 Å². The monoisotopic (exact) mass is 522 g/mol. The summed E-state index contributed by atoms with van der Waals surface area (Å²) in [5, 5.41) is 2.86. The number of piperidine rings is 1. The molecule has 0 spiro atoms. The summed E-state index contributed by atoms with van der Waals surface area (Å²) >= 11 is 0. The summed E-state index contributed by atoms with van der Waals surface area (Å²) in [7, 11) is 3.11. The van der Waals surface area contributed by atoms with E-state index in [0.29, 0.717) is 31.3 Å². The van der Waals surface area contributed by atoms with Crippen LogP contribution in [-0.2, 0) is 24.9 Å². The zero-order valence-electron chi connectivity index (χ0n) is 22.3. The van der Waals surface area contributed by atoms with E-state index in [0.717, 1.165) is 23.1 Å². The molecule has 202 valence electrons. The molecular weight excluding hydrogens is 488 g/mol. The average molecular weight is 523 g/mol. The second-order valence-corrected chi connectivity index (χ2v) is 9.35. The first-order valence-electron chi connectivity index (χ1n) is 12.6. The van der Waals surface area contributed by atoms with Crippen molar-refractivity contribution in [2.45, 2.75) is 45.8 Å². The maximum Gasteiger partial charge on any atom is 0.331 e. The second kappa shape index (κ2) is 11.6. The van der Waals surface area contributed by atoms with E-state index in [1.165, 1.54) is 4.57 Å². The Labute approximate surface area is 220 Å². The minimum atomic E-state index is -0.570. The van der Waals surface area contributed by atoms with Crippen LogP contribution < -0.4 is 27.2 Å². The van der Waals surface area contributed by atoms with Gasteiger partial charge in [-0.1, -0.05) is 5.92 Å². The van der Waals surface area contributed by atoms with Crippen LogP contribution in [0, 0.1) is 18.8 Å². The second-order valence-electron chi connectivity index (χ2n) is 9.35. The average Bonchev–Trinajstić information content (AvgIpc) is 3.24. The molecule has 1 fully saturated rings. The Morgan fingerprint density at radius 2 is 2.08 bits per heavy atom. The standard InChI is InChI=1S/C26H34N8O4/c1-5-6-13-33-22-21(31(3)26(37)34(25(22)36)16-19-28-10-9-17(2)30-19)20(23(35)29-11-14-38-4)24(33)32-12-7-8-18(27)15-32/h9-10,18H,7-8,11-16,27H2,1-4H3,(H,29,35)/t18-/m1/s1. The lowest BCUT2D eigenvalue weighted by Gasteiger charge is -2.33. The van der Waals surface area contributed by atoms with Gasteiger partial charge in [0.1, 0.15) is 22.7 Å². The first kappa shape index (κ1) is 27.1. The van der Waals surface area contributed by atoms with E-state index in [9.17, 15) is 14.4 Å². The number of fused-ring (bicyclic) bond motifs is 1. The van der Waals surface area contributed by atoms with Crippen LogP contribution in [0.4, 0.5) is 5.82 Å². The van der Waals surface area contributed by atoms with Crippen molar-refractivity contribution in [2.75, 3.05) is 38.3 Å². The number of aryl methyl sites for hydroxylation is 2. The molecule has 4 heterocycles. The fourth-order valence-corrected chi connectivity index (χ4v) is 4.89. The molecule has 0 aromatic carbocycles. The van der Waals surface area contributed by atoms with Gasteiger partial charge >= 0.3 is 5.69 Å². The summed E-state index contributed by atoms with van der Waals surface area (Å²) < 4.78 is 9.28. The molecule has 12 nitrogen and oxygen atoms in total. The number of nitrogens with two attached hydrogens (primary N) is 1. The lowest BCUT2D eigenvalue weighted by Crippen LogP contribution is -2.44. The lowest BCUT2D eigenvalue weighted by molar-refractivity contribution is 0.0938. The van der Waals surface area contributed by atoms with Crippen molar-refractivity contribution in [3.8, 4) is 11.8 Å². The third-order valence-electron chi connectivity index (χ3n) is 6.65. The summed E-state index contributed by atoms with van der Waals surface area (Å²) in [6.07, 6.45) is 3.29. The van der Waals surface area contributed by atoms with Gasteiger partial charge in [-0.05, 0) is 32.8 Å². The molecule has 3 N–H and O–H groups in total. The molecule has 0 radical (unpaired) electrons. The van der Waals surface area contributed by atoms with Crippen molar-refractivity contribution in [3.63, 3.8) is 0 Å². The van der Waals surface area contributed by atoms with E-state index >= 15 is 0 Å². The van der Waals surface area contributed by atoms with E-state index in [4.69, 9.17) is 10.5 Å². The molecule has 3 aromatic heterocycles. The topological polar surface area (TPSA) is 142 Å². The van der Waals surface area contributed by atoms with Crippen LogP contribution in [0.2, 0.25) is 0 Å². The summed E-state index contributed by atoms with van der Waals surface area (Å²) in [6, 6.07) is 1.66. The molecule has 0 saturated carbocycles. The predicted octanol–water partition coefficient (Wildman–Crippen LogP) is -0.0246.